The third kappa shape index (κ3) is 9.52. The molecule has 3 N–H and O–H groups in total. The zero-order valence-corrected chi connectivity index (χ0v) is 25.6. The highest BCUT2D eigenvalue weighted by Crippen LogP contribution is 2.37. The fraction of sp³-hybridized carbons (Fsp3) is 0.176. The Morgan fingerprint density at radius 3 is 2.05 bits per heavy atom. The zero-order chi connectivity index (χ0) is 30.6. The number of carbonyl (C=O) groups excluding carboxylic acids is 3. The maximum atomic E-state index is 13.6. The summed E-state index contributed by atoms with van der Waals surface area (Å²) >= 11 is 6.90. The van der Waals surface area contributed by atoms with Crippen LogP contribution in [0.1, 0.15) is 58.2 Å². The summed E-state index contributed by atoms with van der Waals surface area (Å²) in [5.74, 6) is -0.571. The van der Waals surface area contributed by atoms with Gasteiger partial charge in [0.15, 0.2) is 10.9 Å². The fourth-order valence-corrected chi connectivity index (χ4v) is 5.37. The third-order valence-corrected chi connectivity index (χ3v) is 7.81. The molecule has 7 nitrogen and oxygen atoms in total. The van der Waals surface area contributed by atoms with Crippen LogP contribution in [0.25, 0.3) is 0 Å². The molecule has 0 heterocycles. The predicted molar refractivity (Wildman–Crippen MR) is 178 cm³/mol. The molecule has 1 amide bonds. The number of unbranched alkanes of at least 4 members (excludes halogenated alkanes) is 1. The number of hydrogen-bond acceptors (Lipinski definition) is 6. The number of amides is 1. The van der Waals surface area contributed by atoms with Crippen LogP contribution in [-0.2, 0) is 9.53 Å². The van der Waals surface area contributed by atoms with Gasteiger partial charge < -0.3 is 20.7 Å². The molecule has 220 valence electrons. The Hall–Kier alpha value is -4.47. The second-order valence-electron chi connectivity index (χ2n) is 9.71. The molecule has 0 aliphatic heterocycles. The van der Waals surface area contributed by atoms with Crippen molar-refractivity contribution in [3.63, 3.8) is 0 Å². The lowest BCUT2D eigenvalue weighted by atomic mass is 10.1. The molecule has 0 saturated heterocycles. The van der Waals surface area contributed by atoms with E-state index in [0.29, 0.717) is 28.5 Å². The molecular formula is C34H33N3O4S2. The van der Waals surface area contributed by atoms with Gasteiger partial charge in [0.2, 0.25) is 5.91 Å². The van der Waals surface area contributed by atoms with Crippen molar-refractivity contribution < 1.29 is 19.1 Å². The van der Waals surface area contributed by atoms with Crippen molar-refractivity contribution in [2.45, 2.75) is 36.8 Å². The van der Waals surface area contributed by atoms with Crippen LogP contribution in [0.5, 0.6) is 0 Å². The first-order chi connectivity index (χ1) is 20.8. The van der Waals surface area contributed by atoms with Gasteiger partial charge in [0, 0.05) is 27.5 Å². The van der Waals surface area contributed by atoms with E-state index in [1.165, 1.54) is 18.7 Å². The quantitative estimate of drug-likeness (QED) is 0.0486. The molecular weight excluding hydrogens is 579 g/mol. The molecule has 4 aromatic carbocycles. The highest BCUT2D eigenvalue weighted by molar-refractivity contribution is 8.00. The van der Waals surface area contributed by atoms with E-state index < -0.39 is 5.25 Å². The Bertz CT molecular complexity index is 1560. The molecule has 0 spiro atoms. The molecule has 9 heteroatoms. The van der Waals surface area contributed by atoms with Crippen molar-refractivity contribution in [3.05, 3.63) is 120 Å². The summed E-state index contributed by atoms with van der Waals surface area (Å²) in [6.07, 6.45) is 1.77. The summed E-state index contributed by atoms with van der Waals surface area (Å²) in [7, 11) is 0. The van der Waals surface area contributed by atoms with E-state index in [2.05, 4.69) is 16.0 Å². The van der Waals surface area contributed by atoms with Crippen LogP contribution >= 0.6 is 24.0 Å². The summed E-state index contributed by atoms with van der Waals surface area (Å²) in [4.78, 5) is 38.2. The smallest absolute Gasteiger partial charge is 0.338 e. The number of thioether (sulfide) groups is 1. The van der Waals surface area contributed by atoms with Gasteiger partial charge in [0.25, 0.3) is 0 Å². The highest BCUT2D eigenvalue weighted by atomic mass is 32.2. The van der Waals surface area contributed by atoms with Crippen molar-refractivity contribution >= 4 is 63.8 Å². The lowest BCUT2D eigenvalue weighted by Crippen LogP contribution is -2.20. The maximum absolute atomic E-state index is 13.6. The van der Waals surface area contributed by atoms with Gasteiger partial charge in [-0.25, -0.2) is 4.79 Å². The molecule has 43 heavy (non-hydrogen) atoms. The molecule has 4 aromatic rings. The van der Waals surface area contributed by atoms with Crippen LogP contribution < -0.4 is 16.0 Å². The Morgan fingerprint density at radius 2 is 1.40 bits per heavy atom. The van der Waals surface area contributed by atoms with E-state index in [1.54, 1.807) is 48.5 Å². The second-order valence-corrected chi connectivity index (χ2v) is 11.3. The molecule has 0 aliphatic rings. The van der Waals surface area contributed by atoms with Gasteiger partial charge in [-0.2, -0.15) is 0 Å². The minimum absolute atomic E-state index is 0.00159. The van der Waals surface area contributed by atoms with Gasteiger partial charge in [0.05, 0.1) is 12.2 Å². The molecule has 4 rings (SSSR count). The van der Waals surface area contributed by atoms with Crippen molar-refractivity contribution in [2.24, 2.45) is 0 Å². The average Bonchev–Trinajstić information content (AvgIpc) is 3.01. The number of Topliss-reactive ketones (excluding diaryl/α,β-unsaturated/α-hetero) is 1. The van der Waals surface area contributed by atoms with E-state index in [9.17, 15) is 14.4 Å². The summed E-state index contributed by atoms with van der Waals surface area (Å²) in [5.41, 5.74) is 4.02. The molecule has 1 unspecified atom stereocenters. The number of benzene rings is 4. The largest absolute Gasteiger partial charge is 0.462 e. The van der Waals surface area contributed by atoms with Gasteiger partial charge in [0.1, 0.15) is 5.25 Å². The van der Waals surface area contributed by atoms with Crippen LogP contribution in [0.4, 0.5) is 17.1 Å². The Labute approximate surface area is 261 Å². The third-order valence-electron chi connectivity index (χ3n) is 6.35. The molecule has 0 aliphatic carbocycles. The van der Waals surface area contributed by atoms with Crippen molar-refractivity contribution in [2.75, 3.05) is 22.6 Å². The molecule has 0 radical (unpaired) electrons. The number of hydrogen-bond donors (Lipinski definition) is 3. The monoisotopic (exact) mass is 611 g/mol. The Morgan fingerprint density at radius 1 is 0.767 bits per heavy atom. The normalized spacial score (nSPS) is 11.2. The first-order valence-electron chi connectivity index (χ1n) is 13.9. The summed E-state index contributed by atoms with van der Waals surface area (Å²) in [6.45, 7) is 3.95. The lowest BCUT2D eigenvalue weighted by Gasteiger charge is -2.18. The number of esters is 1. The molecule has 0 fully saturated rings. The number of ketones is 1. The molecule has 0 saturated carbocycles. The molecule has 0 aromatic heterocycles. The lowest BCUT2D eigenvalue weighted by molar-refractivity contribution is -0.115. The predicted octanol–water partition coefficient (Wildman–Crippen LogP) is 8.13. The van der Waals surface area contributed by atoms with Gasteiger partial charge >= 0.3 is 5.97 Å². The minimum atomic E-state index is -0.542. The summed E-state index contributed by atoms with van der Waals surface area (Å²) in [6, 6.07) is 31.0. The van der Waals surface area contributed by atoms with Gasteiger partial charge in [-0.15, -0.1) is 11.8 Å². The second kappa shape index (κ2) is 15.7. The van der Waals surface area contributed by atoms with Crippen molar-refractivity contribution in [1.29, 1.82) is 0 Å². The zero-order valence-electron chi connectivity index (χ0n) is 24.0. The number of anilines is 3. The topological polar surface area (TPSA) is 96.5 Å². The Kier molecular flexibility index (Phi) is 11.5. The van der Waals surface area contributed by atoms with Crippen LogP contribution in [0.2, 0.25) is 0 Å². The van der Waals surface area contributed by atoms with E-state index in [4.69, 9.17) is 17.0 Å². The number of thiocarbonyl (C=S) groups is 1. The Balaban J connectivity index is 1.43. The standard InChI is InChI=1S/C34H33N3O4S2/c1-3-4-21-41-33(40)26-15-19-27(20-16-26)35-32(39)31(25-9-6-5-7-10-25)43-30-12-8-11-29(22-30)37-34(42)36-28-17-13-24(14-18-28)23(2)38/h5-20,22,31H,3-4,21H2,1-2H3,(H,35,39)(H2,36,37,42). The van der Waals surface area contributed by atoms with Crippen LogP contribution in [0, 0.1) is 0 Å². The number of rotatable bonds is 12. The molecule has 0 bridgehead atoms. The van der Waals surface area contributed by atoms with Gasteiger partial charge in [-0.3, -0.25) is 9.59 Å². The van der Waals surface area contributed by atoms with Crippen molar-refractivity contribution in [1.82, 2.24) is 0 Å². The summed E-state index contributed by atoms with van der Waals surface area (Å²) in [5, 5.41) is 9.14. The fourth-order valence-electron chi connectivity index (χ4n) is 4.06. The minimum Gasteiger partial charge on any atom is -0.462 e. The van der Waals surface area contributed by atoms with Crippen LogP contribution in [0.15, 0.2) is 108 Å². The first-order valence-corrected chi connectivity index (χ1v) is 15.2. The maximum Gasteiger partial charge on any atom is 0.338 e. The van der Waals surface area contributed by atoms with E-state index in [-0.39, 0.29) is 17.7 Å². The highest BCUT2D eigenvalue weighted by Gasteiger charge is 2.22. The van der Waals surface area contributed by atoms with Gasteiger partial charge in [-0.05, 0) is 97.9 Å². The van der Waals surface area contributed by atoms with E-state index >= 15 is 0 Å². The summed E-state index contributed by atoms with van der Waals surface area (Å²) < 4.78 is 5.27. The number of nitrogens with one attached hydrogen (secondary N) is 3. The van der Waals surface area contributed by atoms with Gasteiger partial charge in [-0.1, -0.05) is 49.7 Å². The van der Waals surface area contributed by atoms with E-state index in [1.807, 2.05) is 61.5 Å². The first kappa shape index (κ1) is 31.5. The van der Waals surface area contributed by atoms with Crippen molar-refractivity contribution in [3.8, 4) is 0 Å². The number of ether oxygens (including phenoxy) is 1. The van der Waals surface area contributed by atoms with Crippen LogP contribution in [-0.4, -0.2) is 29.4 Å². The molecule has 1 atom stereocenters. The van der Waals surface area contributed by atoms with E-state index in [0.717, 1.165) is 34.7 Å². The number of carbonyl (C=O) groups is 3. The average molecular weight is 612 g/mol. The SMILES string of the molecule is CCCCOC(=O)c1ccc(NC(=O)C(Sc2cccc(NC(=S)Nc3ccc(C(C)=O)cc3)c2)c2ccccc2)cc1. The van der Waals surface area contributed by atoms with Crippen LogP contribution in [0.3, 0.4) is 0 Å².